The minimum absolute atomic E-state index is 0.00320. The summed E-state index contributed by atoms with van der Waals surface area (Å²) in [4.78, 5) is 8.41. The number of pyridine rings is 2. The van der Waals surface area contributed by atoms with Crippen LogP contribution in [-0.2, 0) is 22.7 Å². The van der Waals surface area contributed by atoms with Crippen LogP contribution in [0.4, 0.5) is 13.2 Å². The third kappa shape index (κ3) is 5.24. The van der Waals surface area contributed by atoms with E-state index in [-0.39, 0.29) is 14.6 Å². The number of aryl methyl sites for hydroxylation is 1. The second-order valence-electron chi connectivity index (χ2n) is 9.04. The quantitative estimate of drug-likeness (QED) is 0.294. The van der Waals surface area contributed by atoms with Crippen LogP contribution in [0.3, 0.4) is 0 Å². The minimum Gasteiger partial charge on any atom is -0.375 e. The monoisotopic (exact) mass is 544 g/mol. The molecule has 3 heterocycles. The number of nitrogens with zero attached hydrogens (tertiary/aromatic N) is 2. The Hall–Kier alpha value is -1.22. The lowest BCUT2D eigenvalue weighted by Gasteiger charge is -2.46. The van der Waals surface area contributed by atoms with Crippen LogP contribution < -0.4 is 0 Å². The Morgan fingerprint density at radius 3 is 2.55 bits per heavy atom. The van der Waals surface area contributed by atoms with Crippen LogP contribution >= 0.6 is 22.6 Å². The van der Waals surface area contributed by atoms with Crippen LogP contribution in [0, 0.1) is 3.57 Å². The molecule has 0 radical (unpaired) electrons. The predicted molar refractivity (Wildman–Crippen MR) is 122 cm³/mol. The number of hydrogen-bond acceptors (Lipinski definition) is 3. The maximum absolute atomic E-state index is 12.9. The van der Waals surface area contributed by atoms with E-state index in [0.717, 1.165) is 69.2 Å². The van der Waals surface area contributed by atoms with Crippen molar-refractivity contribution in [3.05, 3.63) is 57.2 Å². The topological polar surface area (TPSA) is 35.0 Å². The van der Waals surface area contributed by atoms with E-state index in [4.69, 9.17) is 9.72 Å². The van der Waals surface area contributed by atoms with Gasteiger partial charge in [0.05, 0.1) is 5.60 Å². The highest BCUT2D eigenvalue weighted by Crippen LogP contribution is 2.50. The normalized spacial score (nSPS) is 23.4. The molecule has 3 nitrogen and oxygen atoms in total. The number of unbranched alkanes of at least 4 members (excludes halogenated alkanes) is 1. The highest BCUT2D eigenvalue weighted by atomic mass is 127. The molecule has 1 spiro atoms. The van der Waals surface area contributed by atoms with Gasteiger partial charge in [0.1, 0.15) is 0 Å². The van der Waals surface area contributed by atoms with Crippen LogP contribution in [0.15, 0.2) is 36.7 Å². The third-order valence-corrected chi connectivity index (χ3v) is 7.73. The molecule has 31 heavy (non-hydrogen) atoms. The molecule has 7 heteroatoms. The second kappa shape index (κ2) is 9.33. The standard InChI is InChI=1S/C24H28F3IN2O/c25-24(26,27)21-19(28)15-18(16-30-21)7-1-3-9-22(20-8-2-6-13-29-20)12-14-31-23(17-22)10-4-5-11-23/h2,6,8,13,15-16H,1,3-5,7,9-12,14,17H2/t22-/m1/s1. The number of hydrogen-bond donors (Lipinski definition) is 0. The second-order valence-corrected chi connectivity index (χ2v) is 10.2. The van der Waals surface area contributed by atoms with Crippen LogP contribution in [0.2, 0.25) is 0 Å². The fraction of sp³-hybridized carbons (Fsp3) is 0.583. The Bertz CT molecular complexity index is 884. The van der Waals surface area contributed by atoms with Crippen LogP contribution in [0.1, 0.15) is 74.7 Å². The fourth-order valence-corrected chi connectivity index (χ4v) is 6.26. The van der Waals surface area contributed by atoms with E-state index in [2.05, 4.69) is 17.1 Å². The Morgan fingerprint density at radius 1 is 1.06 bits per heavy atom. The largest absolute Gasteiger partial charge is 0.434 e. The lowest BCUT2D eigenvalue weighted by Crippen LogP contribution is -2.46. The maximum atomic E-state index is 12.9. The van der Waals surface area contributed by atoms with Gasteiger partial charge in [-0.2, -0.15) is 13.2 Å². The third-order valence-electron chi connectivity index (χ3n) is 6.91. The number of halogens is 4. The molecule has 2 fully saturated rings. The first-order valence-corrected chi connectivity index (χ1v) is 12.2. The molecule has 1 aliphatic carbocycles. The molecule has 0 amide bonds. The highest BCUT2D eigenvalue weighted by molar-refractivity contribution is 14.1. The van der Waals surface area contributed by atoms with E-state index in [0.29, 0.717) is 0 Å². The summed E-state index contributed by atoms with van der Waals surface area (Å²) in [5.74, 6) is 0. The van der Waals surface area contributed by atoms with Crippen LogP contribution in [0.5, 0.6) is 0 Å². The summed E-state index contributed by atoms with van der Waals surface area (Å²) in [6, 6.07) is 7.79. The molecule has 2 aromatic heterocycles. The molecule has 0 aromatic carbocycles. The fourth-order valence-electron chi connectivity index (χ4n) is 5.41. The van der Waals surface area contributed by atoms with Gasteiger partial charge < -0.3 is 4.74 Å². The summed E-state index contributed by atoms with van der Waals surface area (Å²) in [6.07, 6.45) is 9.29. The zero-order valence-corrected chi connectivity index (χ0v) is 19.7. The van der Waals surface area contributed by atoms with Crippen molar-refractivity contribution in [2.24, 2.45) is 0 Å². The first-order chi connectivity index (χ1) is 14.8. The SMILES string of the molecule is FC(F)(F)c1ncc(CCCC[C@@]2(c3ccccn3)CCOC3(CCCC3)C2)cc1I. The maximum Gasteiger partial charge on any atom is 0.434 e. The smallest absolute Gasteiger partial charge is 0.375 e. The van der Waals surface area contributed by atoms with Gasteiger partial charge in [-0.3, -0.25) is 9.97 Å². The van der Waals surface area contributed by atoms with Gasteiger partial charge in [-0.05, 0) is 91.3 Å². The molecule has 2 aromatic rings. The molecule has 2 aliphatic rings. The average Bonchev–Trinajstić information content (AvgIpc) is 3.18. The van der Waals surface area contributed by atoms with E-state index in [1.807, 2.05) is 12.3 Å². The van der Waals surface area contributed by atoms with E-state index in [9.17, 15) is 13.2 Å². The summed E-state index contributed by atoms with van der Waals surface area (Å²) in [5.41, 5.74) is 1.26. The van der Waals surface area contributed by atoms with Crippen molar-refractivity contribution >= 4 is 22.6 Å². The lowest BCUT2D eigenvalue weighted by atomic mass is 9.67. The Balaban J connectivity index is 1.42. The zero-order valence-electron chi connectivity index (χ0n) is 17.6. The summed E-state index contributed by atoms with van der Waals surface area (Å²) in [6.45, 7) is 0.775. The molecule has 0 bridgehead atoms. The molecule has 0 unspecified atom stereocenters. The first kappa shape index (κ1) is 23.0. The van der Waals surface area contributed by atoms with Gasteiger partial charge in [0.2, 0.25) is 0 Å². The van der Waals surface area contributed by atoms with Crippen LogP contribution in [0.25, 0.3) is 0 Å². The zero-order chi connectivity index (χ0) is 22.0. The molecule has 4 rings (SSSR count). The molecule has 168 valence electrons. The average molecular weight is 544 g/mol. The van der Waals surface area contributed by atoms with E-state index in [1.54, 1.807) is 28.7 Å². The molecule has 1 aliphatic heterocycles. The Morgan fingerprint density at radius 2 is 1.87 bits per heavy atom. The highest BCUT2D eigenvalue weighted by Gasteiger charge is 2.48. The Kier molecular flexibility index (Phi) is 6.91. The van der Waals surface area contributed by atoms with Gasteiger partial charge in [0.25, 0.3) is 0 Å². The molecular formula is C24H28F3IN2O. The number of alkyl halides is 3. The molecule has 1 saturated heterocycles. The van der Waals surface area contributed by atoms with Gasteiger partial charge in [-0.15, -0.1) is 0 Å². The van der Waals surface area contributed by atoms with Crippen molar-refractivity contribution in [3.63, 3.8) is 0 Å². The van der Waals surface area contributed by atoms with Crippen LogP contribution in [-0.4, -0.2) is 22.2 Å². The molecular weight excluding hydrogens is 516 g/mol. The predicted octanol–water partition coefficient (Wildman–Crippen LogP) is 6.87. The summed E-state index contributed by atoms with van der Waals surface area (Å²) in [5, 5.41) is 0. The van der Waals surface area contributed by atoms with E-state index >= 15 is 0 Å². The lowest BCUT2D eigenvalue weighted by molar-refractivity contribution is -0.141. The number of ether oxygens (including phenoxy) is 1. The van der Waals surface area contributed by atoms with Crippen molar-refractivity contribution in [2.75, 3.05) is 6.61 Å². The van der Waals surface area contributed by atoms with Crippen molar-refractivity contribution in [3.8, 4) is 0 Å². The molecule has 0 N–H and O–H groups in total. The van der Waals surface area contributed by atoms with E-state index in [1.165, 1.54) is 19.0 Å². The van der Waals surface area contributed by atoms with Crippen molar-refractivity contribution in [2.45, 2.75) is 81.4 Å². The summed E-state index contributed by atoms with van der Waals surface area (Å²) >= 11 is 1.73. The van der Waals surface area contributed by atoms with Gasteiger partial charge >= 0.3 is 6.18 Å². The molecule has 1 saturated carbocycles. The minimum atomic E-state index is -4.40. The number of aromatic nitrogens is 2. The van der Waals surface area contributed by atoms with Gasteiger partial charge in [0.15, 0.2) is 5.69 Å². The van der Waals surface area contributed by atoms with Crippen molar-refractivity contribution in [1.82, 2.24) is 9.97 Å². The van der Waals surface area contributed by atoms with Gasteiger partial charge in [-0.25, -0.2) is 0 Å². The van der Waals surface area contributed by atoms with E-state index < -0.39 is 11.9 Å². The summed E-state index contributed by atoms with van der Waals surface area (Å²) in [7, 11) is 0. The molecule has 1 atom stereocenters. The van der Waals surface area contributed by atoms with Crippen molar-refractivity contribution < 1.29 is 17.9 Å². The summed E-state index contributed by atoms with van der Waals surface area (Å²) < 4.78 is 45.3. The number of rotatable bonds is 6. The Labute approximate surface area is 195 Å². The van der Waals surface area contributed by atoms with Gasteiger partial charge in [0, 0.05) is 33.7 Å². The first-order valence-electron chi connectivity index (χ1n) is 11.1. The van der Waals surface area contributed by atoms with Gasteiger partial charge in [-0.1, -0.05) is 25.3 Å². The van der Waals surface area contributed by atoms with Crippen molar-refractivity contribution in [1.29, 1.82) is 0 Å².